The largest absolute Gasteiger partial charge is 0.505 e. The molecule has 0 aliphatic heterocycles. The van der Waals surface area contributed by atoms with Crippen molar-refractivity contribution in [2.45, 2.75) is 6.61 Å². The Labute approximate surface area is 92.9 Å². The fourth-order valence-electron chi connectivity index (χ4n) is 1.32. The molecule has 0 amide bonds. The first kappa shape index (κ1) is 10.5. The Balaban J connectivity index is 2.03. The first-order valence-electron chi connectivity index (χ1n) is 4.91. The molecule has 3 heteroatoms. The highest BCUT2D eigenvalue weighted by molar-refractivity contribution is 5.32. The van der Waals surface area contributed by atoms with Gasteiger partial charge in [0.05, 0.1) is 0 Å². The third-order valence-corrected chi connectivity index (χ3v) is 2.17. The highest BCUT2D eigenvalue weighted by atomic mass is 19.1. The van der Waals surface area contributed by atoms with Crippen LogP contribution in [0.5, 0.6) is 11.5 Å². The van der Waals surface area contributed by atoms with Crippen LogP contribution in [0.4, 0.5) is 4.39 Å². The molecule has 0 saturated heterocycles. The van der Waals surface area contributed by atoms with Gasteiger partial charge >= 0.3 is 0 Å². The number of halogens is 1. The molecular weight excluding hydrogens is 207 g/mol. The maximum absolute atomic E-state index is 13.0. The minimum atomic E-state index is -0.675. The third-order valence-electron chi connectivity index (χ3n) is 2.17. The number of ether oxygens (including phenoxy) is 1. The van der Waals surface area contributed by atoms with E-state index in [0.29, 0.717) is 12.4 Å². The molecule has 0 aliphatic carbocycles. The van der Waals surface area contributed by atoms with Gasteiger partial charge in [-0.15, -0.1) is 0 Å². The zero-order valence-corrected chi connectivity index (χ0v) is 8.56. The van der Waals surface area contributed by atoms with Crippen LogP contribution < -0.4 is 4.74 Å². The van der Waals surface area contributed by atoms with E-state index in [1.165, 1.54) is 12.1 Å². The van der Waals surface area contributed by atoms with Gasteiger partial charge in [0.2, 0.25) is 0 Å². The summed E-state index contributed by atoms with van der Waals surface area (Å²) in [6.07, 6.45) is 0. The van der Waals surface area contributed by atoms with Gasteiger partial charge in [0, 0.05) is 6.07 Å². The molecule has 0 spiro atoms. The number of rotatable bonds is 3. The summed E-state index contributed by atoms with van der Waals surface area (Å²) in [5.74, 6) is -0.642. The molecule has 0 atom stereocenters. The van der Waals surface area contributed by atoms with E-state index in [1.807, 2.05) is 30.3 Å². The fraction of sp³-hybridized carbons (Fsp3) is 0.0769. The minimum absolute atomic E-state index is 0.368. The van der Waals surface area contributed by atoms with Gasteiger partial charge in [0.15, 0.2) is 11.6 Å². The molecule has 0 aromatic heterocycles. The van der Waals surface area contributed by atoms with Gasteiger partial charge < -0.3 is 9.84 Å². The van der Waals surface area contributed by atoms with Gasteiger partial charge in [0.25, 0.3) is 0 Å². The monoisotopic (exact) mass is 218 g/mol. The van der Waals surface area contributed by atoms with E-state index in [-0.39, 0.29) is 5.75 Å². The molecule has 82 valence electrons. The zero-order chi connectivity index (χ0) is 11.4. The summed E-state index contributed by atoms with van der Waals surface area (Å²) < 4.78 is 18.4. The molecule has 2 rings (SSSR count). The molecular formula is C13H11FO2. The Morgan fingerprint density at radius 2 is 1.81 bits per heavy atom. The van der Waals surface area contributed by atoms with Crippen LogP contribution in [-0.4, -0.2) is 5.11 Å². The van der Waals surface area contributed by atoms with E-state index < -0.39 is 5.82 Å². The topological polar surface area (TPSA) is 29.5 Å². The third kappa shape index (κ3) is 2.51. The van der Waals surface area contributed by atoms with Crippen LogP contribution in [0.3, 0.4) is 0 Å². The molecule has 0 radical (unpaired) electrons. The highest BCUT2D eigenvalue weighted by Gasteiger charge is 2.02. The molecule has 2 aromatic carbocycles. The first-order valence-corrected chi connectivity index (χ1v) is 4.91. The van der Waals surface area contributed by atoms with Gasteiger partial charge in [-0.3, -0.25) is 0 Å². The Hall–Kier alpha value is -2.03. The Bertz CT molecular complexity index is 469. The molecule has 0 saturated carbocycles. The smallest absolute Gasteiger partial charge is 0.168 e. The zero-order valence-electron chi connectivity index (χ0n) is 8.56. The number of phenols is 1. The lowest BCUT2D eigenvalue weighted by Gasteiger charge is -2.06. The van der Waals surface area contributed by atoms with E-state index in [2.05, 4.69) is 0 Å². The summed E-state index contributed by atoms with van der Waals surface area (Å²) in [5.41, 5.74) is 1.01. The van der Waals surface area contributed by atoms with E-state index in [9.17, 15) is 4.39 Å². The number of aromatic hydroxyl groups is 1. The second-order valence-electron chi connectivity index (χ2n) is 3.39. The summed E-state index contributed by atoms with van der Waals surface area (Å²) in [4.78, 5) is 0. The Kier molecular flexibility index (Phi) is 3.05. The lowest BCUT2D eigenvalue weighted by molar-refractivity contribution is 0.303. The summed E-state index contributed by atoms with van der Waals surface area (Å²) >= 11 is 0. The molecule has 0 bridgehead atoms. The van der Waals surface area contributed by atoms with E-state index in [4.69, 9.17) is 9.84 Å². The number of hydrogen-bond donors (Lipinski definition) is 1. The molecule has 0 unspecified atom stereocenters. The Morgan fingerprint density at radius 1 is 1.06 bits per heavy atom. The molecule has 2 aromatic rings. The normalized spacial score (nSPS) is 10.1. The molecule has 0 fully saturated rings. The van der Waals surface area contributed by atoms with Crippen molar-refractivity contribution in [1.29, 1.82) is 0 Å². The quantitative estimate of drug-likeness (QED) is 0.857. The van der Waals surface area contributed by atoms with Crippen LogP contribution in [0.1, 0.15) is 5.56 Å². The standard InChI is InChI=1S/C13H11FO2/c14-12-8-11(6-7-13(12)15)16-9-10-4-2-1-3-5-10/h1-8,15H,9H2. The van der Waals surface area contributed by atoms with E-state index in [0.717, 1.165) is 11.6 Å². The SMILES string of the molecule is Oc1ccc(OCc2ccccc2)cc1F. The minimum Gasteiger partial charge on any atom is -0.505 e. The van der Waals surface area contributed by atoms with Gasteiger partial charge in [-0.1, -0.05) is 30.3 Å². The van der Waals surface area contributed by atoms with E-state index >= 15 is 0 Å². The summed E-state index contributed by atoms with van der Waals surface area (Å²) in [6, 6.07) is 13.6. The molecule has 1 N–H and O–H groups in total. The lowest BCUT2D eigenvalue weighted by Crippen LogP contribution is -1.95. The van der Waals surface area contributed by atoms with Gasteiger partial charge in [-0.25, -0.2) is 4.39 Å². The number of phenolic OH excluding ortho intramolecular Hbond substituents is 1. The highest BCUT2D eigenvalue weighted by Crippen LogP contribution is 2.21. The average molecular weight is 218 g/mol. The number of hydrogen-bond acceptors (Lipinski definition) is 2. The second-order valence-corrected chi connectivity index (χ2v) is 3.39. The maximum atomic E-state index is 13.0. The van der Waals surface area contributed by atoms with Gasteiger partial charge in [-0.05, 0) is 17.7 Å². The second kappa shape index (κ2) is 4.66. The molecule has 0 aliphatic rings. The van der Waals surface area contributed by atoms with Crippen LogP contribution in [0.25, 0.3) is 0 Å². The van der Waals surface area contributed by atoms with Gasteiger partial charge in [-0.2, -0.15) is 0 Å². The van der Waals surface area contributed by atoms with Crippen LogP contribution in [0.15, 0.2) is 48.5 Å². The summed E-state index contributed by atoms with van der Waals surface area (Å²) in [7, 11) is 0. The maximum Gasteiger partial charge on any atom is 0.168 e. The van der Waals surface area contributed by atoms with Crippen molar-refractivity contribution in [3.63, 3.8) is 0 Å². The summed E-state index contributed by atoms with van der Waals surface area (Å²) in [5, 5.41) is 9.00. The predicted octanol–water partition coefficient (Wildman–Crippen LogP) is 3.11. The van der Waals surface area contributed by atoms with E-state index in [1.54, 1.807) is 0 Å². The Morgan fingerprint density at radius 3 is 2.50 bits per heavy atom. The predicted molar refractivity (Wildman–Crippen MR) is 58.8 cm³/mol. The van der Waals surface area contributed by atoms with Crippen LogP contribution in [0.2, 0.25) is 0 Å². The van der Waals surface area contributed by atoms with Crippen LogP contribution in [0, 0.1) is 5.82 Å². The lowest BCUT2D eigenvalue weighted by atomic mass is 10.2. The van der Waals surface area contributed by atoms with Crippen molar-refractivity contribution >= 4 is 0 Å². The van der Waals surface area contributed by atoms with Crippen molar-refractivity contribution in [2.24, 2.45) is 0 Å². The van der Waals surface area contributed by atoms with Crippen molar-refractivity contribution in [1.82, 2.24) is 0 Å². The van der Waals surface area contributed by atoms with Gasteiger partial charge in [0.1, 0.15) is 12.4 Å². The van der Waals surface area contributed by atoms with Crippen molar-refractivity contribution in [3.8, 4) is 11.5 Å². The van der Waals surface area contributed by atoms with Crippen molar-refractivity contribution in [2.75, 3.05) is 0 Å². The van der Waals surface area contributed by atoms with Crippen LogP contribution in [-0.2, 0) is 6.61 Å². The van der Waals surface area contributed by atoms with Crippen molar-refractivity contribution < 1.29 is 14.2 Å². The fourth-order valence-corrected chi connectivity index (χ4v) is 1.32. The van der Waals surface area contributed by atoms with Crippen molar-refractivity contribution in [3.05, 3.63) is 59.9 Å². The molecule has 0 heterocycles. The average Bonchev–Trinajstić information content (AvgIpc) is 2.32. The summed E-state index contributed by atoms with van der Waals surface area (Å²) in [6.45, 7) is 0.380. The molecule has 16 heavy (non-hydrogen) atoms. The number of benzene rings is 2. The van der Waals surface area contributed by atoms with Crippen LogP contribution >= 0.6 is 0 Å². The first-order chi connectivity index (χ1) is 7.75. The molecule has 2 nitrogen and oxygen atoms in total.